The molecule has 92 valence electrons. The standard InChI is InChI=1S/C12H22N2S2/c1-12(2,3)14-8-13(9-16-11(14)15)10-6-4-5-7-10/h10H,4-9H2,1-3H3. The van der Waals surface area contributed by atoms with Crippen LogP contribution in [-0.2, 0) is 0 Å². The van der Waals surface area contributed by atoms with Gasteiger partial charge in [-0.15, -0.1) is 0 Å². The van der Waals surface area contributed by atoms with Crippen LogP contribution >= 0.6 is 24.0 Å². The smallest absolute Gasteiger partial charge is 0.139 e. The number of hydrogen-bond acceptors (Lipinski definition) is 3. The lowest BCUT2D eigenvalue weighted by atomic mass is 10.1. The minimum atomic E-state index is 0.154. The summed E-state index contributed by atoms with van der Waals surface area (Å²) in [7, 11) is 0. The lowest BCUT2D eigenvalue weighted by molar-refractivity contribution is 0.106. The highest BCUT2D eigenvalue weighted by molar-refractivity contribution is 8.22. The molecule has 0 aromatic carbocycles. The lowest BCUT2D eigenvalue weighted by Crippen LogP contribution is -2.55. The molecule has 2 nitrogen and oxygen atoms in total. The van der Waals surface area contributed by atoms with Crippen molar-refractivity contribution in [3.05, 3.63) is 0 Å². The van der Waals surface area contributed by atoms with E-state index < -0.39 is 0 Å². The SMILES string of the molecule is CC(C)(C)N1CN(C2CCCC2)CSC1=S. The minimum Gasteiger partial charge on any atom is -0.340 e. The van der Waals surface area contributed by atoms with Gasteiger partial charge in [0.2, 0.25) is 0 Å². The lowest BCUT2D eigenvalue weighted by Gasteiger charge is -2.46. The summed E-state index contributed by atoms with van der Waals surface area (Å²) in [6, 6.07) is 0.806. The van der Waals surface area contributed by atoms with Gasteiger partial charge in [0, 0.05) is 11.6 Å². The molecule has 0 radical (unpaired) electrons. The van der Waals surface area contributed by atoms with Crippen molar-refractivity contribution in [3.8, 4) is 0 Å². The molecule has 0 aromatic rings. The van der Waals surface area contributed by atoms with Crippen molar-refractivity contribution in [3.63, 3.8) is 0 Å². The Labute approximate surface area is 109 Å². The molecule has 1 saturated heterocycles. The quantitative estimate of drug-likeness (QED) is 0.666. The summed E-state index contributed by atoms with van der Waals surface area (Å²) in [5.74, 6) is 1.09. The maximum absolute atomic E-state index is 5.47. The molecule has 0 amide bonds. The highest BCUT2D eigenvalue weighted by Crippen LogP contribution is 2.31. The van der Waals surface area contributed by atoms with Crippen molar-refractivity contribution in [1.29, 1.82) is 0 Å². The zero-order chi connectivity index (χ0) is 11.8. The first-order chi connectivity index (χ1) is 7.48. The van der Waals surface area contributed by atoms with Gasteiger partial charge < -0.3 is 4.90 Å². The van der Waals surface area contributed by atoms with E-state index in [-0.39, 0.29) is 5.54 Å². The molecule has 0 bridgehead atoms. The Morgan fingerprint density at radius 2 is 1.88 bits per heavy atom. The Hall–Kier alpha value is 0.200. The molecule has 0 aromatic heterocycles. The van der Waals surface area contributed by atoms with Crippen molar-refractivity contribution in [2.24, 2.45) is 0 Å². The molecule has 0 unspecified atom stereocenters. The maximum Gasteiger partial charge on any atom is 0.139 e. The second-order valence-corrected chi connectivity index (χ2v) is 7.39. The molecule has 4 heteroatoms. The van der Waals surface area contributed by atoms with E-state index in [4.69, 9.17) is 12.2 Å². The summed E-state index contributed by atoms with van der Waals surface area (Å²) >= 11 is 7.30. The monoisotopic (exact) mass is 258 g/mol. The third-order valence-electron chi connectivity index (χ3n) is 3.55. The third-order valence-corrected chi connectivity index (χ3v) is 5.05. The number of thiocarbonyl (C=S) groups is 1. The van der Waals surface area contributed by atoms with E-state index in [0.717, 1.165) is 22.9 Å². The van der Waals surface area contributed by atoms with Gasteiger partial charge in [-0.3, -0.25) is 4.90 Å². The number of thioether (sulfide) groups is 1. The highest BCUT2D eigenvalue weighted by Gasteiger charge is 2.33. The molecule has 16 heavy (non-hydrogen) atoms. The summed E-state index contributed by atoms with van der Waals surface area (Å²) in [6.45, 7) is 7.77. The van der Waals surface area contributed by atoms with E-state index in [1.165, 1.54) is 25.7 Å². The molecular formula is C12H22N2S2. The van der Waals surface area contributed by atoms with Crippen molar-refractivity contribution in [2.45, 2.75) is 58.0 Å². The molecule has 1 aliphatic heterocycles. The normalized spacial score (nSPS) is 25.4. The van der Waals surface area contributed by atoms with Gasteiger partial charge in [0.05, 0.1) is 12.5 Å². The first kappa shape index (κ1) is 12.7. The summed E-state index contributed by atoms with van der Waals surface area (Å²) in [5.41, 5.74) is 0.154. The Morgan fingerprint density at radius 1 is 1.25 bits per heavy atom. The van der Waals surface area contributed by atoms with Crippen molar-refractivity contribution in [1.82, 2.24) is 9.80 Å². The second kappa shape index (κ2) is 4.83. The fraction of sp³-hybridized carbons (Fsp3) is 0.917. The van der Waals surface area contributed by atoms with Gasteiger partial charge >= 0.3 is 0 Å². The Balaban J connectivity index is 2.01. The van der Waals surface area contributed by atoms with E-state index >= 15 is 0 Å². The fourth-order valence-electron chi connectivity index (χ4n) is 2.47. The summed E-state index contributed by atoms with van der Waals surface area (Å²) < 4.78 is 1.07. The van der Waals surface area contributed by atoms with Crippen LogP contribution in [0.2, 0.25) is 0 Å². The molecule has 1 saturated carbocycles. The molecule has 2 rings (SSSR count). The zero-order valence-corrected chi connectivity index (χ0v) is 12.2. The van der Waals surface area contributed by atoms with Crippen LogP contribution in [0.5, 0.6) is 0 Å². The van der Waals surface area contributed by atoms with Gasteiger partial charge in [0.1, 0.15) is 4.32 Å². The molecule has 2 aliphatic rings. The van der Waals surface area contributed by atoms with Gasteiger partial charge in [-0.05, 0) is 33.6 Å². The van der Waals surface area contributed by atoms with Gasteiger partial charge in [0.15, 0.2) is 0 Å². The van der Waals surface area contributed by atoms with Gasteiger partial charge in [0.25, 0.3) is 0 Å². The molecule has 1 heterocycles. The second-order valence-electron chi connectivity index (χ2n) is 5.81. The first-order valence-corrected chi connectivity index (χ1v) is 7.56. The number of rotatable bonds is 1. The number of hydrogen-bond donors (Lipinski definition) is 0. The van der Waals surface area contributed by atoms with Crippen LogP contribution in [-0.4, -0.2) is 38.2 Å². The largest absolute Gasteiger partial charge is 0.340 e. The number of nitrogens with zero attached hydrogens (tertiary/aromatic N) is 2. The molecule has 0 N–H and O–H groups in total. The van der Waals surface area contributed by atoms with Crippen LogP contribution in [0.3, 0.4) is 0 Å². The predicted molar refractivity (Wildman–Crippen MR) is 75.6 cm³/mol. The van der Waals surface area contributed by atoms with E-state index in [9.17, 15) is 0 Å². The Morgan fingerprint density at radius 3 is 2.44 bits per heavy atom. The van der Waals surface area contributed by atoms with E-state index in [0.29, 0.717) is 0 Å². The topological polar surface area (TPSA) is 6.48 Å². The predicted octanol–water partition coefficient (Wildman–Crippen LogP) is 3.28. The molecule has 0 spiro atoms. The van der Waals surface area contributed by atoms with Gasteiger partial charge in [-0.2, -0.15) is 0 Å². The fourth-order valence-corrected chi connectivity index (χ4v) is 4.02. The van der Waals surface area contributed by atoms with Gasteiger partial charge in [-0.25, -0.2) is 0 Å². The van der Waals surface area contributed by atoms with Crippen LogP contribution in [0, 0.1) is 0 Å². The van der Waals surface area contributed by atoms with Crippen molar-refractivity contribution in [2.75, 3.05) is 12.5 Å². The summed E-state index contributed by atoms with van der Waals surface area (Å²) in [5, 5.41) is 0. The molecule has 2 fully saturated rings. The average Bonchev–Trinajstić information content (AvgIpc) is 2.69. The van der Waals surface area contributed by atoms with E-state index in [1.807, 2.05) is 11.8 Å². The van der Waals surface area contributed by atoms with E-state index in [2.05, 4.69) is 30.6 Å². The van der Waals surface area contributed by atoms with Crippen molar-refractivity contribution >= 4 is 28.3 Å². The summed E-state index contributed by atoms with van der Waals surface area (Å²) in [4.78, 5) is 4.98. The van der Waals surface area contributed by atoms with Crippen LogP contribution < -0.4 is 0 Å². The first-order valence-electron chi connectivity index (χ1n) is 6.17. The molecule has 0 atom stereocenters. The minimum absolute atomic E-state index is 0.154. The average molecular weight is 258 g/mol. The Kier molecular flexibility index (Phi) is 3.82. The summed E-state index contributed by atoms with van der Waals surface area (Å²) in [6.07, 6.45) is 5.58. The van der Waals surface area contributed by atoms with Crippen LogP contribution in [0.4, 0.5) is 0 Å². The van der Waals surface area contributed by atoms with Crippen LogP contribution in [0.25, 0.3) is 0 Å². The van der Waals surface area contributed by atoms with Crippen LogP contribution in [0.1, 0.15) is 46.5 Å². The van der Waals surface area contributed by atoms with E-state index in [1.54, 1.807) is 0 Å². The van der Waals surface area contributed by atoms with Crippen molar-refractivity contribution < 1.29 is 0 Å². The molecule has 1 aliphatic carbocycles. The molecular weight excluding hydrogens is 236 g/mol. The third kappa shape index (κ3) is 2.71. The zero-order valence-electron chi connectivity index (χ0n) is 10.5. The maximum atomic E-state index is 5.47. The highest BCUT2D eigenvalue weighted by atomic mass is 32.2. The van der Waals surface area contributed by atoms with Gasteiger partial charge in [-0.1, -0.05) is 36.8 Å². The Bertz CT molecular complexity index is 267. The van der Waals surface area contributed by atoms with Crippen LogP contribution in [0.15, 0.2) is 0 Å².